The summed E-state index contributed by atoms with van der Waals surface area (Å²) in [7, 11) is 0. The minimum atomic E-state index is -1.29. The molecule has 0 saturated carbocycles. The van der Waals surface area contributed by atoms with Gasteiger partial charge in [0, 0.05) is 33.3 Å². The van der Waals surface area contributed by atoms with Crippen molar-refractivity contribution in [3.8, 4) is 0 Å². The summed E-state index contributed by atoms with van der Waals surface area (Å²) in [5, 5.41) is 0. The van der Waals surface area contributed by atoms with Crippen LogP contribution in [0.2, 0.25) is 0 Å². The molecule has 192 valence electrons. The van der Waals surface area contributed by atoms with Crippen molar-refractivity contribution in [2.75, 3.05) is 6.61 Å². The monoisotopic (exact) mass is 494 g/mol. The normalized spacial score (nSPS) is 23.7. The largest absolute Gasteiger partial charge is 0.463 e. The number of pyridine rings is 1. The summed E-state index contributed by atoms with van der Waals surface area (Å²) in [5.74, 6) is -2.92. The minimum absolute atomic E-state index is 0.192. The Morgan fingerprint density at radius 2 is 1.40 bits per heavy atom. The zero-order valence-electron chi connectivity index (χ0n) is 20.8. The topological polar surface area (TPSA) is 135 Å². The lowest BCUT2D eigenvalue weighted by atomic mass is 9.96. The Bertz CT molecular complexity index is 975. The first kappa shape index (κ1) is 27.9. The summed E-state index contributed by atoms with van der Waals surface area (Å²) in [6.07, 6.45) is -1.24. The maximum Gasteiger partial charge on any atom is 0.304 e. The van der Waals surface area contributed by atoms with Gasteiger partial charge in [0.15, 0.2) is 30.4 Å². The molecule has 0 aliphatic carbocycles. The van der Waals surface area contributed by atoms with Crippen LogP contribution in [0.25, 0.3) is 0 Å². The van der Waals surface area contributed by atoms with Crippen LogP contribution in [0.1, 0.15) is 70.1 Å². The number of ketones is 1. The lowest BCUT2D eigenvalue weighted by Crippen LogP contribution is -2.65. The Hall–Kier alpha value is -3.34. The Kier molecular flexibility index (Phi) is 9.88. The number of rotatable bonds is 9. The Balaban J connectivity index is 2.67. The summed E-state index contributed by atoms with van der Waals surface area (Å²) in [4.78, 5) is 59.6. The highest BCUT2D eigenvalue weighted by Gasteiger charge is 2.56. The second kappa shape index (κ2) is 12.4. The third-order valence-electron chi connectivity index (χ3n) is 5.15. The molecule has 1 aromatic heterocycles. The van der Waals surface area contributed by atoms with Crippen molar-refractivity contribution in [2.45, 2.75) is 85.0 Å². The van der Waals surface area contributed by atoms with E-state index in [9.17, 15) is 24.0 Å². The van der Waals surface area contributed by atoms with Crippen LogP contribution in [0.15, 0.2) is 18.5 Å². The first-order chi connectivity index (χ1) is 16.4. The van der Waals surface area contributed by atoms with Gasteiger partial charge in [0.1, 0.15) is 12.7 Å². The molecule has 35 heavy (non-hydrogen) atoms. The Labute approximate surface area is 203 Å². The van der Waals surface area contributed by atoms with Crippen LogP contribution in [-0.4, -0.2) is 60.7 Å². The van der Waals surface area contributed by atoms with Gasteiger partial charge in [-0.25, -0.2) is 0 Å². The molecule has 1 fully saturated rings. The summed E-state index contributed by atoms with van der Waals surface area (Å²) < 4.78 is 29.2. The highest BCUT2D eigenvalue weighted by atomic mass is 16.7. The summed E-state index contributed by atoms with van der Waals surface area (Å²) in [5.41, 5.74) is 1.22. The zero-order valence-corrected chi connectivity index (χ0v) is 20.8. The molecule has 5 atom stereocenters. The van der Waals surface area contributed by atoms with E-state index in [1.165, 1.54) is 27.0 Å². The molecule has 1 aliphatic heterocycles. The zero-order chi connectivity index (χ0) is 26.3. The van der Waals surface area contributed by atoms with Crippen molar-refractivity contribution >= 4 is 29.7 Å². The predicted octanol–water partition coefficient (Wildman–Crippen LogP) is 1.38. The maximum atomic E-state index is 12.2. The SMILES string of the molecule is CCCc1cc(C(C)=O)c[n+](C2OC(COC(C)=O)C(OC(C)=O)C(OC(C)=O)C2OC(C)=O)c1. The van der Waals surface area contributed by atoms with Crippen LogP contribution >= 0.6 is 0 Å². The molecule has 0 spiro atoms. The lowest BCUT2D eigenvalue weighted by Gasteiger charge is -2.41. The number of Topliss-reactive ketones (excluding diaryl/α,β-unsaturated/α-hetero) is 1. The van der Waals surface area contributed by atoms with E-state index in [1.807, 2.05) is 6.92 Å². The van der Waals surface area contributed by atoms with Crippen molar-refractivity contribution in [2.24, 2.45) is 0 Å². The average molecular weight is 495 g/mol. The van der Waals surface area contributed by atoms with E-state index < -0.39 is 54.5 Å². The summed E-state index contributed by atoms with van der Waals surface area (Å²) in [6, 6.07) is 1.76. The fraction of sp³-hybridized carbons (Fsp3) is 0.583. The third-order valence-corrected chi connectivity index (χ3v) is 5.15. The van der Waals surface area contributed by atoms with Gasteiger partial charge in [0.2, 0.25) is 6.10 Å². The minimum Gasteiger partial charge on any atom is -0.463 e. The molecule has 0 amide bonds. The molecule has 1 aromatic rings. The average Bonchev–Trinajstić information content (AvgIpc) is 2.74. The molecule has 2 rings (SSSR count). The lowest BCUT2D eigenvalue weighted by molar-refractivity contribution is -0.777. The van der Waals surface area contributed by atoms with E-state index >= 15 is 0 Å². The summed E-state index contributed by atoms with van der Waals surface area (Å²) >= 11 is 0. The molecule has 0 radical (unpaired) electrons. The molecule has 1 aliphatic rings. The number of aromatic nitrogens is 1. The number of hydrogen-bond donors (Lipinski definition) is 0. The second-order valence-electron chi connectivity index (χ2n) is 8.28. The van der Waals surface area contributed by atoms with Gasteiger partial charge in [-0.3, -0.25) is 24.0 Å². The molecule has 1 saturated heterocycles. The van der Waals surface area contributed by atoms with E-state index in [2.05, 4.69) is 0 Å². The molecule has 5 unspecified atom stereocenters. The third kappa shape index (κ3) is 7.84. The highest BCUT2D eigenvalue weighted by molar-refractivity contribution is 5.93. The molecule has 11 heteroatoms. The maximum absolute atomic E-state index is 12.2. The van der Waals surface area contributed by atoms with Gasteiger partial charge >= 0.3 is 30.1 Å². The van der Waals surface area contributed by atoms with Crippen molar-refractivity contribution in [3.05, 3.63) is 29.6 Å². The quantitative estimate of drug-likeness (QED) is 0.214. The smallest absolute Gasteiger partial charge is 0.304 e. The van der Waals surface area contributed by atoms with Gasteiger partial charge in [-0.05, 0) is 19.4 Å². The van der Waals surface area contributed by atoms with Gasteiger partial charge in [-0.1, -0.05) is 13.3 Å². The molecule has 0 bridgehead atoms. The first-order valence-electron chi connectivity index (χ1n) is 11.3. The van der Waals surface area contributed by atoms with Crippen LogP contribution in [-0.2, 0) is 49.3 Å². The number of hydrogen-bond acceptors (Lipinski definition) is 10. The number of nitrogens with zero attached hydrogens (tertiary/aromatic N) is 1. The van der Waals surface area contributed by atoms with Crippen molar-refractivity contribution < 1.29 is 52.2 Å². The molecule has 11 nitrogen and oxygen atoms in total. The Morgan fingerprint density at radius 3 is 1.91 bits per heavy atom. The van der Waals surface area contributed by atoms with Crippen LogP contribution in [0, 0.1) is 0 Å². The molecular formula is C24H32NO10+. The fourth-order valence-corrected chi connectivity index (χ4v) is 3.87. The number of aryl methyl sites for hydroxylation is 1. The number of ether oxygens (including phenoxy) is 5. The number of carbonyl (C=O) groups is 5. The van der Waals surface area contributed by atoms with E-state index in [4.69, 9.17) is 23.7 Å². The fourth-order valence-electron chi connectivity index (χ4n) is 3.87. The Morgan fingerprint density at radius 1 is 0.829 bits per heavy atom. The number of esters is 4. The molecule has 0 N–H and O–H groups in total. The van der Waals surface area contributed by atoms with Crippen LogP contribution in [0.4, 0.5) is 0 Å². The van der Waals surface area contributed by atoms with Crippen molar-refractivity contribution in [1.82, 2.24) is 0 Å². The first-order valence-corrected chi connectivity index (χ1v) is 11.3. The predicted molar refractivity (Wildman–Crippen MR) is 118 cm³/mol. The van der Waals surface area contributed by atoms with Crippen molar-refractivity contribution in [1.29, 1.82) is 0 Å². The number of carbonyl (C=O) groups excluding carboxylic acids is 5. The van der Waals surface area contributed by atoms with Gasteiger partial charge in [0.05, 0.1) is 5.56 Å². The van der Waals surface area contributed by atoms with Gasteiger partial charge in [0.25, 0.3) is 0 Å². The van der Waals surface area contributed by atoms with Crippen LogP contribution in [0.3, 0.4) is 0 Å². The van der Waals surface area contributed by atoms with E-state index in [0.717, 1.165) is 25.8 Å². The molecule has 2 heterocycles. The van der Waals surface area contributed by atoms with E-state index in [1.54, 1.807) is 16.8 Å². The van der Waals surface area contributed by atoms with Gasteiger partial charge in [-0.2, -0.15) is 4.57 Å². The van der Waals surface area contributed by atoms with E-state index in [0.29, 0.717) is 12.0 Å². The highest BCUT2D eigenvalue weighted by Crippen LogP contribution is 2.32. The van der Waals surface area contributed by atoms with Gasteiger partial charge < -0.3 is 23.7 Å². The van der Waals surface area contributed by atoms with Gasteiger partial charge in [-0.15, -0.1) is 0 Å². The van der Waals surface area contributed by atoms with E-state index in [-0.39, 0.29) is 12.4 Å². The second-order valence-corrected chi connectivity index (χ2v) is 8.28. The molecular weight excluding hydrogens is 462 g/mol. The standard InChI is InChI=1S/C24H32NO10/c1-7-8-18-9-19(13(2)26)11-25(10-18)24-23(34-17(6)30)22(33-16(5)29)21(32-15(4)28)20(35-24)12-31-14(3)27/h9-11,20-24H,7-8,12H2,1-6H3/q+1. The van der Waals surface area contributed by atoms with Crippen molar-refractivity contribution in [3.63, 3.8) is 0 Å². The molecule has 0 aromatic carbocycles. The van der Waals surface area contributed by atoms with Crippen LogP contribution < -0.4 is 4.57 Å². The van der Waals surface area contributed by atoms with Crippen LogP contribution in [0.5, 0.6) is 0 Å². The summed E-state index contributed by atoms with van der Waals surface area (Å²) in [6.45, 7) is 7.76.